The van der Waals surface area contributed by atoms with E-state index >= 15 is 0 Å². The Morgan fingerprint density at radius 1 is 1.30 bits per heavy atom. The van der Waals surface area contributed by atoms with Crippen molar-refractivity contribution in [3.63, 3.8) is 0 Å². The number of nitrogens with zero attached hydrogens (tertiary/aromatic N) is 4. The van der Waals surface area contributed by atoms with Gasteiger partial charge >= 0.3 is 6.09 Å². The van der Waals surface area contributed by atoms with Crippen molar-refractivity contribution in [3.8, 4) is 5.88 Å². The van der Waals surface area contributed by atoms with Gasteiger partial charge in [-0.15, -0.1) is 0 Å². The van der Waals surface area contributed by atoms with Gasteiger partial charge < -0.3 is 31.0 Å². The number of amidine groups is 1. The lowest BCUT2D eigenvalue weighted by atomic mass is 10.1. The van der Waals surface area contributed by atoms with Crippen LogP contribution in [0.1, 0.15) is 24.0 Å². The first kappa shape index (κ1) is 21.0. The number of anilines is 2. The van der Waals surface area contributed by atoms with Gasteiger partial charge in [-0.3, -0.25) is 0 Å². The molecule has 10 nitrogen and oxygen atoms in total. The number of nitrogens with two attached hydrogens (primary N) is 1. The molecule has 30 heavy (non-hydrogen) atoms. The summed E-state index contributed by atoms with van der Waals surface area (Å²) in [4.78, 5) is 20.4. The van der Waals surface area contributed by atoms with E-state index in [9.17, 15) is 13.6 Å². The molecule has 12 heteroatoms. The number of carbonyl (C=O) groups is 1. The Labute approximate surface area is 170 Å². The number of rotatable bonds is 5. The second kappa shape index (κ2) is 8.76. The minimum atomic E-state index is -0.967. The second-order valence-corrected chi connectivity index (χ2v) is 6.66. The lowest BCUT2D eigenvalue weighted by Gasteiger charge is -2.30. The van der Waals surface area contributed by atoms with Crippen molar-refractivity contribution in [1.29, 1.82) is 0 Å². The van der Waals surface area contributed by atoms with Crippen LogP contribution in [-0.2, 0) is 0 Å². The number of aromatic nitrogens is 2. The van der Waals surface area contributed by atoms with Gasteiger partial charge in [0.25, 0.3) is 0 Å². The summed E-state index contributed by atoms with van der Waals surface area (Å²) in [5.41, 5.74) is 5.21. The summed E-state index contributed by atoms with van der Waals surface area (Å²) in [5, 5.41) is 23.0. The second-order valence-electron chi connectivity index (χ2n) is 6.66. The predicted molar refractivity (Wildman–Crippen MR) is 102 cm³/mol. The van der Waals surface area contributed by atoms with E-state index in [2.05, 4.69) is 20.4 Å². The fraction of sp³-hybridized carbons (Fsp3) is 0.333. The van der Waals surface area contributed by atoms with Gasteiger partial charge in [0.05, 0.1) is 16.8 Å². The zero-order valence-corrected chi connectivity index (χ0v) is 16.0. The molecule has 1 saturated heterocycles. The van der Waals surface area contributed by atoms with E-state index in [-0.39, 0.29) is 29.1 Å². The number of hydrogen-bond acceptors (Lipinski definition) is 7. The molecule has 0 atom stereocenters. The molecular formula is C18H20F2N6O4. The molecule has 0 unspecified atom stereocenters. The maximum atomic E-state index is 14.4. The van der Waals surface area contributed by atoms with Gasteiger partial charge in [-0.2, -0.15) is 0 Å². The van der Waals surface area contributed by atoms with Crippen molar-refractivity contribution in [2.24, 2.45) is 10.9 Å². The molecule has 1 aromatic carbocycles. The molecule has 1 aromatic heterocycles. The van der Waals surface area contributed by atoms with Gasteiger partial charge in [-0.1, -0.05) is 5.16 Å². The first-order valence-corrected chi connectivity index (χ1v) is 9.00. The van der Waals surface area contributed by atoms with Crippen molar-refractivity contribution in [1.82, 2.24) is 14.9 Å². The number of halogens is 2. The molecule has 5 N–H and O–H groups in total. The van der Waals surface area contributed by atoms with E-state index in [1.54, 1.807) is 6.92 Å². The Bertz CT molecular complexity index is 979. The normalized spacial score (nSPS) is 15.2. The number of benzene rings is 1. The Morgan fingerprint density at radius 2 is 2.00 bits per heavy atom. The maximum Gasteiger partial charge on any atom is 0.407 e. The standard InChI is InChI=1S/C18H20F2N6O4/c1-9-16(24-14-7-12(19)11(6-13(14)20)15(21)25-29)22-8-23-17(9)30-10-2-4-26(5-3-10)18(27)28/h6-8,10,29H,2-5H2,1H3,(H2,21,25)(H,27,28)(H,22,23,24). The molecule has 1 aliphatic rings. The van der Waals surface area contributed by atoms with E-state index in [0.29, 0.717) is 31.5 Å². The van der Waals surface area contributed by atoms with Crippen LogP contribution in [-0.4, -0.2) is 56.3 Å². The SMILES string of the molecule is Cc1c(Nc2cc(F)c(/C(N)=N/O)cc2F)ncnc1OC1CCN(C(=O)O)CC1. The highest BCUT2D eigenvalue weighted by molar-refractivity contribution is 5.97. The molecule has 0 bridgehead atoms. The minimum absolute atomic E-state index is 0.204. The first-order chi connectivity index (χ1) is 14.3. The zero-order chi connectivity index (χ0) is 21.8. The smallest absolute Gasteiger partial charge is 0.407 e. The van der Waals surface area contributed by atoms with Gasteiger partial charge in [0.15, 0.2) is 5.84 Å². The van der Waals surface area contributed by atoms with Crippen LogP contribution in [0.5, 0.6) is 5.88 Å². The van der Waals surface area contributed by atoms with Crippen LogP contribution in [0.2, 0.25) is 0 Å². The average Bonchev–Trinajstić information content (AvgIpc) is 2.73. The topological polar surface area (TPSA) is 146 Å². The Hall–Kier alpha value is -3.70. The maximum absolute atomic E-state index is 14.4. The molecule has 160 valence electrons. The van der Waals surface area contributed by atoms with E-state index in [1.807, 2.05) is 0 Å². The van der Waals surface area contributed by atoms with Crippen LogP contribution in [0.3, 0.4) is 0 Å². The van der Waals surface area contributed by atoms with E-state index in [4.69, 9.17) is 20.8 Å². The molecule has 1 fully saturated rings. The number of hydrogen-bond donors (Lipinski definition) is 4. The third kappa shape index (κ3) is 4.47. The van der Waals surface area contributed by atoms with Crippen molar-refractivity contribution in [2.75, 3.05) is 18.4 Å². The van der Waals surface area contributed by atoms with Crippen LogP contribution in [0.25, 0.3) is 0 Å². The highest BCUT2D eigenvalue weighted by Gasteiger charge is 2.25. The molecule has 0 aliphatic carbocycles. The summed E-state index contributed by atoms with van der Waals surface area (Å²) < 4.78 is 34.4. The minimum Gasteiger partial charge on any atom is -0.474 e. The summed E-state index contributed by atoms with van der Waals surface area (Å²) in [7, 11) is 0. The average molecular weight is 422 g/mol. The van der Waals surface area contributed by atoms with Crippen molar-refractivity contribution in [2.45, 2.75) is 25.9 Å². The van der Waals surface area contributed by atoms with Crippen LogP contribution >= 0.6 is 0 Å². The van der Waals surface area contributed by atoms with Crippen LogP contribution in [0, 0.1) is 18.6 Å². The quantitative estimate of drug-likeness (QED) is 0.249. The Kier molecular flexibility index (Phi) is 6.14. The number of ether oxygens (including phenoxy) is 1. The molecule has 3 rings (SSSR count). The third-order valence-corrected chi connectivity index (χ3v) is 4.72. The number of nitrogens with one attached hydrogen (secondary N) is 1. The van der Waals surface area contributed by atoms with Crippen LogP contribution in [0.15, 0.2) is 23.6 Å². The van der Waals surface area contributed by atoms with Crippen molar-refractivity contribution >= 4 is 23.4 Å². The number of likely N-dealkylation sites (tertiary alicyclic amines) is 1. The largest absolute Gasteiger partial charge is 0.474 e. The van der Waals surface area contributed by atoms with E-state index < -0.39 is 23.6 Å². The molecular weight excluding hydrogens is 402 g/mol. The lowest BCUT2D eigenvalue weighted by Crippen LogP contribution is -2.41. The predicted octanol–water partition coefficient (Wildman–Crippen LogP) is 2.42. The van der Waals surface area contributed by atoms with Gasteiger partial charge in [-0.05, 0) is 13.0 Å². The molecule has 2 aromatic rings. The van der Waals surface area contributed by atoms with E-state index in [1.165, 1.54) is 11.2 Å². The summed E-state index contributed by atoms with van der Waals surface area (Å²) in [6.45, 7) is 2.36. The highest BCUT2D eigenvalue weighted by atomic mass is 19.1. The molecule has 1 aliphatic heterocycles. The lowest BCUT2D eigenvalue weighted by molar-refractivity contribution is 0.0866. The third-order valence-electron chi connectivity index (χ3n) is 4.72. The highest BCUT2D eigenvalue weighted by Crippen LogP contribution is 2.28. The number of carboxylic acid groups (broad SMARTS) is 1. The summed E-state index contributed by atoms with van der Waals surface area (Å²) in [5.74, 6) is -1.81. The monoisotopic (exact) mass is 422 g/mol. The van der Waals surface area contributed by atoms with Crippen molar-refractivity contribution in [3.05, 3.63) is 41.2 Å². The van der Waals surface area contributed by atoms with Gasteiger partial charge in [-0.25, -0.2) is 23.5 Å². The fourth-order valence-electron chi connectivity index (χ4n) is 3.02. The Balaban J connectivity index is 1.76. The zero-order valence-electron chi connectivity index (χ0n) is 16.0. The van der Waals surface area contributed by atoms with Gasteiger partial charge in [0, 0.05) is 32.0 Å². The van der Waals surface area contributed by atoms with Crippen LogP contribution in [0.4, 0.5) is 25.1 Å². The molecule has 1 amide bonds. The molecule has 0 radical (unpaired) electrons. The van der Waals surface area contributed by atoms with Crippen molar-refractivity contribution < 1.29 is 28.6 Å². The van der Waals surface area contributed by atoms with Crippen LogP contribution < -0.4 is 15.8 Å². The molecule has 0 spiro atoms. The summed E-state index contributed by atoms with van der Waals surface area (Å²) in [6.07, 6.45) is 1.04. The first-order valence-electron chi connectivity index (χ1n) is 9.00. The summed E-state index contributed by atoms with van der Waals surface area (Å²) in [6, 6.07) is 1.67. The van der Waals surface area contributed by atoms with E-state index in [0.717, 1.165) is 12.1 Å². The number of oxime groups is 1. The molecule has 0 saturated carbocycles. The Morgan fingerprint density at radius 3 is 2.63 bits per heavy atom. The molecule has 2 heterocycles. The van der Waals surface area contributed by atoms with Gasteiger partial charge in [0.1, 0.15) is 29.9 Å². The van der Waals surface area contributed by atoms with Gasteiger partial charge in [0.2, 0.25) is 5.88 Å². The summed E-state index contributed by atoms with van der Waals surface area (Å²) >= 11 is 0. The fourth-order valence-corrected chi connectivity index (χ4v) is 3.02. The number of piperidine rings is 1. The number of amides is 1.